The van der Waals surface area contributed by atoms with Crippen LogP contribution in [0.2, 0.25) is 10.0 Å². The Bertz CT molecular complexity index is 2040. The number of benzene rings is 2. The summed E-state index contributed by atoms with van der Waals surface area (Å²) in [4.78, 5) is 58.3. The quantitative estimate of drug-likeness (QED) is 0.156. The number of Topliss-reactive ketones (excluding diaryl/α,β-unsaturated/α-hetero) is 1. The maximum Gasteiger partial charge on any atom is 0.322 e. The van der Waals surface area contributed by atoms with E-state index in [0.29, 0.717) is 76.3 Å². The van der Waals surface area contributed by atoms with E-state index < -0.39 is 23.0 Å². The summed E-state index contributed by atoms with van der Waals surface area (Å²) in [5, 5.41) is 10.7. The highest BCUT2D eigenvalue weighted by Crippen LogP contribution is 2.47. The van der Waals surface area contributed by atoms with E-state index in [2.05, 4.69) is 20.8 Å². The number of ether oxygens (including phenoxy) is 1. The monoisotopic (exact) mass is 741 g/mol. The van der Waals surface area contributed by atoms with Gasteiger partial charge in [-0.1, -0.05) is 47.4 Å². The SMILES string of the molecule is CC1(C(=O)C(=O)NC(=O)c2ccc(NC(=O)N3C4CCC3CC(OCc3c(-c5c(Cl)cccc5Cl)noc3C3CC3)C4)cc2-c2cccnc2)CC1. The Morgan fingerprint density at radius 2 is 1.71 bits per heavy atom. The molecule has 4 heterocycles. The van der Waals surface area contributed by atoms with Gasteiger partial charge in [0.05, 0.1) is 22.8 Å². The first kappa shape index (κ1) is 34.5. The maximum absolute atomic E-state index is 13.8. The number of pyridine rings is 1. The fourth-order valence-corrected chi connectivity index (χ4v) is 8.11. The summed E-state index contributed by atoms with van der Waals surface area (Å²) in [5.41, 5.74) is 3.18. The number of ketones is 1. The van der Waals surface area contributed by atoms with Gasteiger partial charge in [0.1, 0.15) is 11.5 Å². The number of fused-ring (bicyclic) bond motifs is 2. The third kappa shape index (κ3) is 6.73. The molecule has 2 aliphatic carbocycles. The molecule has 268 valence electrons. The van der Waals surface area contributed by atoms with Crippen LogP contribution in [0.1, 0.15) is 85.9 Å². The minimum atomic E-state index is -0.919. The van der Waals surface area contributed by atoms with Crippen molar-refractivity contribution < 1.29 is 28.4 Å². The number of piperidine rings is 1. The summed E-state index contributed by atoms with van der Waals surface area (Å²) in [6.07, 6.45) is 9.57. The first-order valence-electron chi connectivity index (χ1n) is 17.7. The van der Waals surface area contributed by atoms with E-state index in [1.54, 1.807) is 67.8 Å². The van der Waals surface area contributed by atoms with Gasteiger partial charge in [0.15, 0.2) is 0 Å². The van der Waals surface area contributed by atoms with Crippen LogP contribution >= 0.6 is 23.2 Å². The van der Waals surface area contributed by atoms with Crippen LogP contribution in [0.15, 0.2) is 65.4 Å². The highest BCUT2D eigenvalue weighted by Gasteiger charge is 2.48. The van der Waals surface area contributed by atoms with Crippen LogP contribution < -0.4 is 10.6 Å². The van der Waals surface area contributed by atoms with Crippen molar-refractivity contribution in [2.24, 2.45) is 5.41 Å². The van der Waals surface area contributed by atoms with Crippen LogP contribution in [0.25, 0.3) is 22.4 Å². The van der Waals surface area contributed by atoms with Gasteiger partial charge in [0, 0.05) is 63.8 Å². The summed E-state index contributed by atoms with van der Waals surface area (Å²) in [6.45, 7) is 2.02. The Morgan fingerprint density at radius 3 is 2.37 bits per heavy atom. The van der Waals surface area contributed by atoms with Gasteiger partial charge >= 0.3 is 6.03 Å². The second kappa shape index (κ2) is 13.8. The minimum absolute atomic E-state index is 0.00803. The lowest BCUT2D eigenvalue weighted by Gasteiger charge is -2.38. The van der Waals surface area contributed by atoms with Gasteiger partial charge in [0.2, 0.25) is 5.78 Å². The molecule has 0 radical (unpaired) electrons. The number of amides is 4. The number of aromatic nitrogens is 2. The molecule has 8 rings (SSSR count). The number of carbonyl (C=O) groups excluding carboxylic acids is 4. The third-order valence-corrected chi connectivity index (χ3v) is 11.5. The molecule has 2 unspecified atom stereocenters. The van der Waals surface area contributed by atoms with Gasteiger partial charge in [-0.25, -0.2) is 4.79 Å². The zero-order chi connectivity index (χ0) is 36.1. The molecule has 2 saturated carbocycles. The lowest BCUT2D eigenvalue weighted by atomic mass is 9.98. The topological polar surface area (TPSA) is 144 Å². The molecule has 2 saturated heterocycles. The van der Waals surface area contributed by atoms with E-state index >= 15 is 0 Å². The average molecular weight is 743 g/mol. The summed E-state index contributed by atoms with van der Waals surface area (Å²) < 4.78 is 12.4. The molecule has 4 aliphatic rings. The van der Waals surface area contributed by atoms with Gasteiger partial charge in [-0.2, -0.15) is 0 Å². The third-order valence-electron chi connectivity index (χ3n) is 10.8. The highest BCUT2D eigenvalue weighted by atomic mass is 35.5. The zero-order valence-electron chi connectivity index (χ0n) is 28.5. The molecule has 4 amide bonds. The van der Waals surface area contributed by atoms with Crippen LogP contribution in [-0.4, -0.2) is 56.9 Å². The van der Waals surface area contributed by atoms with Crippen molar-refractivity contribution in [3.05, 3.63) is 87.9 Å². The molecular weight excluding hydrogens is 705 g/mol. The van der Waals surface area contributed by atoms with Crippen molar-refractivity contribution in [1.82, 2.24) is 20.4 Å². The summed E-state index contributed by atoms with van der Waals surface area (Å²) in [7, 11) is 0. The Hall–Kier alpha value is -4.58. The number of rotatable bonds is 10. The Morgan fingerprint density at radius 1 is 0.981 bits per heavy atom. The molecule has 0 spiro atoms. The number of nitrogens with zero attached hydrogens (tertiary/aromatic N) is 3. The van der Waals surface area contributed by atoms with Crippen molar-refractivity contribution >= 4 is 52.5 Å². The predicted octanol–water partition coefficient (Wildman–Crippen LogP) is 7.96. The number of carbonyl (C=O) groups is 4. The van der Waals surface area contributed by atoms with Crippen molar-refractivity contribution in [2.45, 2.75) is 89.0 Å². The molecule has 2 atom stereocenters. The largest absolute Gasteiger partial charge is 0.373 e. The van der Waals surface area contributed by atoms with Gasteiger partial charge < -0.3 is 19.5 Å². The van der Waals surface area contributed by atoms with Gasteiger partial charge in [-0.05, 0) is 93.3 Å². The average Bonchev–Trinajstić information content (AvgIpc) is 4.06. The fourth-order valence-electron chi connectivity index (χ4n) is 7.53. The Balaban J connectivity index is 0.952. The summed E-state index contributed by atoms with van der Waals surface area (Å²) in [5.74, 6) is -1.07. The van der Waals surface area contributed by atoms with Crippen LogP contribution in [0.3, 0.4) is 0 Å². The van der Waals surface area contributed by atoms with Gasteiger partial charge in [0.25, 0.3) is 11.8 Å². The number of nitrogens with one attached hydrogen (secondary N) is 2. The number of anilines is 1. The lowest BCUT2D eigenvalue weighted by molar-refractivity contribution is -0.140. The zero-order valence-corrected chi connectivity index (χ0v) is 30.0. The van der Waals surface area contributed by atoms with Crippen LogP contribution in [0, 0.1) is 5.41 Å². The Labute approximate surface area is 310 Å². The molecular formula is C39H37Cl2N5O6. The molecule has 4 aromatic rings. The predicted molar refractivity (Wildman–Crippen MR) is 194 cm³/mol. The van der Waals surface area contributed by atoms with E-state index in [0.717, 1.165) is 37.0 Å². The fraction of sp³-hybridized carbons (Fsp3) is 0.385. The van der Waals surface area contributed by atoms with Crippen LogP contribution in [0.4, 0.5) is 10.5 Å². The second-order valence-electron chi connectivity index (χ2n) is 14.5. The van der Waals surface area contributed by atoms with E-state index in [1.807, 2.05) is 4.90 Å². The van der Waals surface area contributed by atoms with E-state index in [1.165, 1.54) is 0 Å². The number of hydrogen-bond donors (Lipinski definition) is 2. The molecule has 2 aliphatic heterocycles. The standard InChI is InChI=1S/C39H37Cl2N5O6/c1-39(13-14-39)35(47)37(49)44-36(48)27-12-9-23(16-28(27)22-4-3-15-42-19-22)43-38(50)46-24-10-11-25(46)18-26(17-24)51-20-29-33(45-52-34(29)21-7-8-21)32-30(40)5-2-6-31(32)41/h2-6,9,12,15-16,19,21,24-26H,7-8,10-11,13-14,17-18,20H2,1H3,(H,43,50)(H,44,48,49). The highest BCUT2D eigenvalue weighted by molar-refractivity contribution is 6.42. The van der Waals surface area contributed by atoms with Crippen LogP contribution in [-0.2, 0) is 20.9 Å². The molecule has 11 nitrogen and oxygen atoms in total. The number of halogens is 2. The van der Waals surface area contributed by atoms with Gasteiger partial charge in [-0.3, -0.25) is 24.7 Å². The van der Waals surface area contributed by atoms with Gasteiger partial charge in [-0.15, -0.1) is 0 Å². The molecule has 2 aromatic heterocycles. The molecule has 4 fully saturated rings. The van der Waals surface area contributed by atoms with Crippen molar-refractivity contribution in [2.75, 3.05) is 5.32 Å². The molecule has 52 heavy (non-hydrogen) atoms. The Kier molecular flexibility index (Phi) is 9.13. The summed E-state index contributed by atoms with van der Waals surface area (Å²) >= 11 is 13.1. The molecule has 13 heteroatoms. The molecule has 2 bridgehead atoms. The first-order chi connectivity index (χ1) is 25.1. The first-order valence-corrected chi connectivity index (χ1v) is 18.4. The maximum atomic E-state index is 13.8. The van der Waals surface area contributed by atoms with Crippen LogP contribution in [0.5, 0.6) is 0 Å². The minimum Gasteiger partial charge on any atom is -0.373 e. The molecule has 2 aromatic carbocycles. The smallest absolute Gasteiger partial charge is 0.322 e. The van der Waals surface area contributed by atoms with Crippen molar-refractivity contribution in [3.8, 4) is 22.4 Å². The number of hydrogen-bond acceptors (Lipinski definition) is 8. The van der Waals surface area contributed by atoms with Crippen molar-refractivity contribution in [1.29, 1.82) is 0 Å². The summed E-state index contributed by atoms with van der Waals surface area (Å²) in [6, 6.07) is 13.5. The number of urea groups is 1. The second-order valence-corrected chi connectivity index (χ2v) is 15.4. The number of imide groups is 1. The van der Waals surface area contributed by atoms with Crippen molar-refractivity contribution in [3.63, 3.8) is 0 Å². The molecule has 2 N–H and O–H groups in total. The van der Waals surface area contributed by atoms with E-state index in [4.69, 9.17) is 32.5 Å². The lowest BCUT2D eigenvalue weighted by Crippen LogP contribution is -2.50. The normalized spacial score (nSPS) is 21.4. The van der Waals surface area contributed by atoms with E-state index in [9.17, 15) is 19.2 Å². The van der Waals surface area contributed by atoms with E-state index in [-0.39, 0.29) is 29.8 Å².